The zero-order valence-corrected chi connectivity index (χ0v) is 13.0. The average Bonchev–Trinajstić information content (AvgIpc) is 2.53. The molecule has 1 amide bonds. The van der Waals surface area contributed by atoms with Crippen LogP contribution in [-0.2, 0) is 16.2 Å². The summed E-state index contributed by atoms with van der Waals surface area (Å²) in [5.41, 5.74) is 1.15. The summed E-state index contributed by atoms with van der Waals surface area (Å²) >= 11 is 0. The summed E-state index contributed by atoms with van der Waals surface area (Å²) in [6, 6.07) is 12.7. The SMILES string of the molecule is CC(=O)NC(=Cc1cccc(OCc2ccc(F)cc2)c1)C(=O)O. The highest BCUT2D eigenvalue weighted by atomic mass is 19.1. The lowest BCUT2D eigenvalue weighted by Gasteiger charge is -2.08. The Kier molecular flexibility index (Phi) is 5.68. The quantitative estimate of drug-likeness (QED) is 0.799. The Hall–Kier alpha value is -3.15. The topological polar surface area (TPSA) is 75.6 Å². The van der Waals surface area contributed by atoms with Crippen LogP contribution in [0.2, 0.25) is 0 Å². The minimum Gasteiger partial charge on any atom is -0.489 e. The van der Waals surface area contributed by atoms with Gasteiger partial charge in [-0.05, 0) is 41.5 Å². The van der Waals surface area contributed by atoms with E-state index in [0.717, 1.165) is 5.56 Å². The summed E-state index contributed by atoms with van der Waals surface area (Å²) in [5.74, 6) is -1.49. The Labute approximate surface area is 138 Å². The number of carboxylic acids is 1. The fourth-order valence-electron chi connectivity index (χ4n) is 1.95. The van der Waals surface area contributed by atoms with Gasteiger partial charge in [-0.2, -0.15) is 0 Å². The molecule has 0 bridgehead atoms. The molecule has 0 aliphatic heterocycles. The van der Waals surface area contributed by atoms with Crippen molar-refractivity contribution in [1.82, 2.24) is 5.32 Å². The van der Waals surface area contributed by atoms with Crippen LogP contribution < -0.4 is 10.1 Å². The lowest BCUT2D eigenvalue weighted by molar-refractivity contribution is -0.134. The summed E-state index contributed by atoms with van der Waals surface area (Å²) in [6.07, 6.45) is 1.34. The van der Waals surface area contributed by atoms with Gasteiger partial charge < -0.3 is 15.2 Å². The Balaban J connectivity index is 2.11. The number of carbonyl (C=O) groups is 2. The van der Waals surface area contributed by atoms with Crippen molar-refractivity contribution in [2.24, 2.45) is 0 Å². The van der Waals surface area contributed by atoms with Crippen LogP contribution in [0.15, 0.2) is 54.2 Å². The van der Waals surface area contributed by atoms with Crippen molar-refractivity contribution in [2.75, 3.05) is 0 Å². The van der Waals surface area contributed by atoms with E-state index in [1.165, 1.54) is 25.1 Å². The Morgan fingerprint density at radius 2 is 1.92 bits per heavy atom. The maximum absolute atomic E-state index is 12.9. The average molecular weight is 329 g/mol. The highest BCUT2D eigenvalue weighted by Crippen LogP contribution is 2.17. The molecule has 2 aromatic carbocycles. The van der Waals surface area contributed by atoms with E-state index in [4.69, 9.17) is 9.84 Å². The van der Waals surface area contributed by atoms with Crippen molar-refractivity contribution < 1.29 is 23.8 Å². The van der Waals surface area contributed by atoms with E-state index in [0.29, 0.717) is 11.3 Å². The van der Waals surface area contributed by atoms with Crippen LogP contribution in [0.4, 0.5) is 4.39 Å². The zero-order valence-electron chi connectivity index (χ0n) is 13.0. The van der Waals surface area contributed by atoms with Gasteiger partial charge in [-0.1, -0.05) is 24.3 Å². The van der Waals surface area contributed by atoms with E-state index in [1.807, 2.05) is 0 Å². The van der Waals surface area contributed by atoms with Gasteiger partial charge in [0, 0.05) is 6.92 Å². The second kappa shape index (κ2) is 7.92. The molecule has 0 spiro atoms. The van der Waals surface area contributed by atoms with E-state index in [9.17, 15) is 14.0 Å². The second-order valence-corrected chi connectivity index (χ2v) is 5.03. The van der Waals surface area contributed by atoms with Gasteiger partial charge in [-0.25, -0.2) is 9.18 Å². The molecule has 2 rings (SSSR count). The maximum atomic E-state index is 12.9. The highest BCUT2D eigenvalue weighted by Gasteiger charge is 2.09. The first-order valence-corrected chi connectivity index (χ1v) is 7.14. The van der Waals surface area contributed by atoms with Crippen molar-refractivity contribution in [3.05, 3.63) is 71.2 Å². The molecule has 0 saturated heterocycles. The lowest BCUT2D eigenvalue weighted by Crippen LogP contribution is -2.24. The van der Waals surface area contributed by atoms with Crippen LogP contribution >= 0.6 is 0 Å². The number of carbonyl (C=O) groups excluding carboxylic acids is 1. The lowest BCUT2D eigenvalue weighted by atomic mass is 10.1. The molecule has 124 valence electrons. The molecule has 2 N–H and O–H groups in total. The molecular weight excluding hydrogens is 313 g/mol. The van der Waals surface area contributed by atoms with Crippen LogP contribution in [0.1, 0.15) is 18.1 Å². The summed E-state index contributed by atoms with van der Waals surface area (Å²) in [6.45, 7) is 1.49. The molecule has 0 saturated carbocycles. The van der Waals surface area contributed by atoms with Crippen molar-refractivity contribution in [2.45, 2.75) is 13.5 Å². The van der Waals surface area contributed by atoms with Gasteiger partial charge in [0.1, 0.15) is 23.9 Å². The molecule has 2 aromatic rings. The number of hydrogen-bond donors (Lipinski definition) is 2. The van der Waals surface area contributed by atoms with Crippen molar-refractivity contribution in [3.8, 4) is 5.75 Å². The Bertz CT molecular complexity index is 769. The Morgan fingerprint density at radius 1 is 1.21 bits per heavy atom. The first-order valence-electron chi connectivity index (χ1n) is 7.14. The summed E-state index contributed by atoms with van der Waals surface area (Å²) in [5, 5.41) is 11.3. The molecular formula is C18H16FNO4. The van der Waals surface area contributed by atoms with Crippen LogP contribution in [0.5, 0.6) is 5.75 Å². The first-order chi connectivity index (χ1) is 11.4. The zero-order chi connectivity index (χ0) is 17.5. The number of ether oxygens (including phenoxy) is 1. The number of amides is 1. The number of carboxylic acid groups (broad SMARTS) is 1. The molecule has 0 atom stereocenters. The van der Waals surface area contributed by atoms with Gasteiger partial charge in [0.15, 0.2) is 0 Å². The molecule has 0 aliphatic rings. The standard InChI is InChI=1S/C18H16FNO4/c1-12(21)20-17(18(22)23)10-14-3-2-4-16(9-14)24-11-13-5-7-15(19)8-6-13/h2-10H,11H2,1H3,(H,20,21)(H,22,23). The normalized spacial score (nSPS) is 11.0. The third-order valence-electron chi connectivity index (χ3n) is 3.03. The fraction of sp³-hybridized carbons (Fsp3) is 0.111. The van der Waals surface area contributed by atoms with Crippen molar-refractivity contribution in [3.63, 3.8) is 0 Å². The van der Waals surface area contributed by atoms with Crippen LogP contribution in [0, 0.1) is 5.82 Å². The number of rotatable bonds is 6. The molecule has 0 unspecified atom stereocenters. The maximum Gasteiger partial charge on any atom is 0.352 e. The smallest absolute Gasteiger partial charge is 0.352 e. The minimum atomic E-state index is -1.23. The predicted octanol–water partition coefficient (Wildman–Crippen LogP) is 2.97. The van der Waals surface area contributed by atoms with E-state index < -0.39 is 11.9 Å². The molecule has 0 aliphatic carbocycles. The third-order valence-corrected chi connectivity index (χ3v) is 3.03. The third kappa shape index (κ3) is 5.24. The number of hydrogen-bond acceptors (Lipinski definition) is 3. The minimum absolute atomic E-state index is 0.224. The molecule has 0 heterocycles. The summed E-state index contributed by atoms with van der Waals surface area (Å²) in [7, 11) is 0. The van der Waals surface area contributed by atoms with E-state index in [1.54, 1.807) is 36.4 Å². The molecule has 0 fully saturated rings. The Morgan fingerprint density at radius 3 is 2.54 bits per heavy atom. The van der Waals surface area contributed by atoms with E-state index in [-0.39, 0.29) is 18.1 Å². The number of halogens is 1. The van der Waals surface area contributed by atoms with Gasteiger partial charge in [0.05, 0.1) is 0 Å². The first kappa shape index (κ1) is 17.2. The predicted molar refractivity (Wildman–Crippen MR) is 86.6 cm³/mol. The van der Waals surface area contributed by atoms with Gasteiger partial charge in [-0.3, -0.25) is 4.79 Å². The van der Waals surface area contributed by atoms with Crippen LogP contribution in [-0.4, -0.2) is 17.0 Å². The van der Waals surface area contributed by atoms with E-state index in [2.05, 4.69) is 5.32 Å². The monoisotopic (exact) mass is 329 g/mol. The fourth-order valence-corrected chi connectivity index (χ4v) is 1.95. The molecule has 5 nitrogen and oxygen atoms in total. The van der Waals surface area contributed by atoms with Gasteiger partial charge >= 0.3 is 5.97 Å². The number of nitrogens with one attached hydrogen (secondary N) is 1. The molecule has 24 heavy (non-hydrogen) atoms. The van der Waals surface area contributed by atoms with Gasteiger partial charge in [-0.15, -0.1) is 0 Å². The molecule has 0 aromatic heterocycles. The van der Waals surface area contributed by atoms with Crippen LogP contribution in [0.3, 0.4) is 0 Å². The summed E-state index contributed by atoms with van der Waals surface area (Å²) < 4.78 is 18.5. The van der Waals surface area contributed by atoms with Crippen LogP contribution in [0.25, 0.3) is 6.08 Å². The second-order valence-electron chi connectivity index (χ2n) is 5.03. The van der Waals surface area contributed by atoms with E-state index >= 15 is 0 Å². The van der Waals surface area contributed by atoms with Crippen molar-refractivity contribution in [1.29, 1.82) is 0 Å². The van der Waals surface area contributed by atoms with Crippen molar-refractivity contribution >= 4 is 18.0 Å². The summed E-state index contributed by atoms with van der Waals surface area (Å²) in [4.78, 5) is 22.2. The number of benzene rings is 2. The molecule has 0 radical (unpaired) electrons. The van der Waals surface area contributed by atoms with Gasteiger partial charge in [0.25, 0.3) is 0 Å². The largest absolute Gasteiger partial charge is 0.489 e. The number of aliphatic carboxylic acids is 1. The molecule has 6 heteroatoms. The van der Waals surface area contributed by atoms with Gasteiger partial charge in [0.2, 0.25) is 5.91 Å². The highest BCUT2D eigenvalue weighted by molar-refractivity contribution is 5.96.